The molecule has 0 spiro atoms. The summed E-state index contributed by atoms with van der Waals surface area (Å²) in [5.74, 6) is 0.590. The van der Waals surface area contributed by atoms with Crippen LogP contribution in [0.2, 0.25) is 5.28 Å². The zero-order chi connectivity index (χ0) is 13.7. The predicted octanol–water partition coefficient (Wildman–Crippen LogP) is 1.50. The molecule has 0 saturated carbocycles. The number of hydrogen-bond donors (Lipinski definition) is 1. The zero-order valence-corrected chi connectivity index (χ0v) is 12.2. The van der Waals surface area contributed by atoms with Crippen molar-refractivity contribution in [2.75, 3.05) is 31.6 Å². The van der Waals surface area contributed by atoms with Crippen LogP contribution in [0.3, 0.4) is 0 Å². The summed E-state index contributed by atoms with van der Waals surface area (Å²) in [5, 5.41) is 3.65. The average Bonchev–Trinajstić information content (AvgIpc) is 2.90. The molecule has 19 heavy (non-hydrogen) atoms. The summed E-state index contributed by atoms with van der Waals surface area (Å²) >= 11 is 5.91. The van der Waals surface area contributed by atoms with Gasteiger partial charge in [0.05, 0.1) is 7.11 Å². The quantitative estimate of drug-likeness (QED) is 0.855. The minimum absolute atomic E-state index is 0.169. The topological polar surface area (TPSA) is 63.2 Å². The van der Waals surface area contributed by atoms with Gasteiger partial charge >= 0.3 is 6.01 Å². The SMILES string of the molecule is CCCN(CC1CCCN1)c1nc(Cl)nc(OC)n1. The van der Waals surface area contributed by atoms with Gasteiger partial charge in [0.15, 0.2) is 0 Å². The molecule has 1 aromatic rings. The van der Waals surface area contributed by atoms with Crippen LogP contribution in [0.5, 0.6) is 6.01 Å². The molecule has 6 nitrogen and oxygen atoms in total. The number of nitrogens with one attached hydrogen (secondary N) is 1. The summed E-state index contributed by atoms with van der Waals surface area (Å²) < 4.78 is 5.05. The van der Waals surface area contributed by atoms with E-state index in [1.807, 2.05) is 0 Å². The molecule has 106 valence electrons. The van der Waals surface area contributed by atoms with E-state index in [-0.39, 0.29) is 11.3 Å². The highest BCUT2D eigenvalue weighted by atomic mass is 35.5. The second-order valence-corrected chi connectivity index (χ2v) is 4.97. The number of nitrogens with zero attached hydrogens (tertiary/aromatic N) is 4. The first kappa shape index (κ1) is 14.3. The lowest BCUT2D eigenvalue weighted by Crippen LogP contribution is -2.39. The van der Waals surface area contributed by atoms with E-state index in [4.69, 9.17) is 16.3 Å². The lowest BCUT2D eigenvalue weighted by Gasteiger charge is -2.25. The van der Waals surface area contributed by atoms with Gasteiger partial charge in [0.1, 0.15) is 0 Å². The molecule has 0 aliphatic carbocycles. The summed E-state index contributed by atoms with van der Waals surface area (Å²) in [7, 11) is 1.53. The van der Waals surface area contributed by atoms with E-state index in [9.17, 15) is 0 Å². The smallest absolute Gasteiger partial charge is 0.322 e. The summed E-state index contributed by atoms with van der Waals surface area (Å²) in [6.07, 6.45) is 3.44. The van der Waals surface area contributed by atoms with Gasteiger partial charge in [-0.25, -0.2) is 0 Å². The fourth-order valence-corrected chi connectivity index (χ4v) is 2.42. The highest BCUT2D eigenvalue weighted by molar-refractivity contribution is 6.28. The van der Waals surface area contributed by atoms with Gasteiger partial charge in [-0.3, -0.25) is 0 Å². The van der Waals surface area contributed by atoms with Crippen molar-refractivity contribution < 1.29 is 4.74 Å². The van der Waals surface area contributed by atoms with E-state index in [0.717, 1.165) is 26.1 Å². The van der Waals surface area contributed by atoms with Gasteiger partial charge in [-0.05, 0) is 37.4 Å². The van der Waals surface area contributed by atoms with Gasteiger partial charge in [-0.1, -0.05) is 6.92 Å². The molecule has 2 heterocycles. The van der Waals surface area contributed by atoms with Gasteiger partial charge in [-0.2, -0.15) is 15.0 Å². The third kappa shape index (κ3) is 3.91. The first-order valence-corrected chi connectivity index (χ1v) is 7.04. The van der Waals surface area contributed by atoms with Crippen LogP contribution in [-0.2, 0) is 0 Å². The molecule has 1 aliphatic rings. The molecular formula is C12H20ClN5O. The van der Waals surface area contributed by atoms with Crippen molar-refractivity contribution in [3.05, 3.63) is 5.28 Å². The largest absolute Gasteiger partial charge is 0.467 e. The Balaban J connectivity index is 2.14. The van der Waals surface area contributed by atoms with E-state index in [1.165, 1.54) is 20.0 Å². The molecular weight excluding hydrogens is 266 g/mol. The first-order chi connectivity index (χ1) is 9.22. The van der Waals surface area contributed by atoms with Crippen LogP contribution in [0.4, 0.5) is 5.95 Å². The second kappa shape index (κ2) is 6.86. The Morgan fingerprint density at radius 3 is 2.89 bits per heavy atom. The third-order valence-electron chi connectivity index (χ3n) is 3.14. The number of halogens is 1. The predicted molar refractivity (Wildman–Crippen MR) is 74.9 cm³/mol. The van der Waals surface area contributed by atoms with E-state index in [1.54, 1.807) is 0 Å². The normalized spacial score (nSPS) is 18.6. The van der Waals surface area contributed by atoms with Gasteiger partial charge in [0, 0.05) is 19.1 Å². The molecule has 1 saturated heterocycles. The van der Waals surface area contributed by atoms with E-state index >= 15 is 0 Å². The van der Waals surface area contributed by atoms with Crippen LogP contribution in [0.1, 0.15) is 26.2 Å². The molecule has 0 aromatic carbocycles. The molecule has 1 fully saturated rings. The molecule has 1 aromatic heterocycles. The van der Waals surface area contributed by atoms with Crippen LogP contribution in [0.25, 0.3) is 0 Å². The van der Waals surface area contributed by atoms with Crippen LogP contribution in [-0.4, -0.2) is 47.7 Å². The molecule has 1 atom stereocenters. The Kier molecular flexibility index (Phi) is 5.15. The number of anilines is 1. The van der Waals surface area contributed by atoms with Gasteiger partial charge in [0.2, 0.25) is 11.2 Å². The van der Waals surface area contributed by atoms with Crippen molar-refractivity contribution in [1.29, 1.82) is 0 Å². The molecule has 0 amide bonds. The zero-order valence-electron chi connectivity index (χ0n) is 11.4. The van der Waals surface area contributed by atoms with Crippen molar-refractivity contribution in [3.63, 3.8) is 0 Å². The number of ether oxygens (including phenoxy) is 1. The summed E-state index contributed by atoms with van der Waals surface area (Å²) in [6, 6.07) is 0.753. The fourth-order valence-electron chi connectivity index (χ4n) is 2.28. The Morgan fingerprint density at radius 1 is 1.42 bits per heavy atom. The number of methoxy groups -OCH3 is 1. The summed E-state index contributed by atoms with van der Waals surface area (Å²) in [5.41, 5.74) is 0. The minimum Gasteiger partial charge on any atom is -0.467 e. The maximum atomic E-state index is 5.91. The molecule has 1 N–H and O–H groups in total. The van der Waals surface area contributed by atoms with Crippen molar-refractivity contribution in [2.45, 2.75) is 32.2 Å². The molecule has 2 rings (SSSR count). The highest BCUT2D eigenvalue weighted by Gasteiger charge is 2.20. The molecule has 1 aliphatic heterocycles. The average molecular weight is 286 g/mol. The van der Waals surface area contributed by atoms with Crippen LogP contribution >= 0.6 is 11.6 Å². The molecule has 7 heteroatoms. The Morgan fingerprint density at radius 2 is 2.26 bits per heavy atom. The first-order valence-electron chi connectivity index (χ1n) is 6.66. The van der Waals surface area contributed by atoms with Crippen molar-refractivity contribution >= 4 is 17.5 Å². The maximum Gasteiger partial charge on any atom is 0.322 e. The van der Waals surface area contributed by atoms with Crippen LogP contribution in [0, 0.1) is 0 Å². The lowest BCUT2D eigenvalue weighted by molar-refractivity contribution is 0.377. The Labute approximate surface area is 118 Å². The van der Waals surface area contributed by atoms with Crippen LogP contribution < -0.4 is 15.0 Å². The summed E-state index contributed by atoms with van der Waals surface area (Å²) in [4.78, 5) is 14.5. The van der Waals surface area contributed by atoms with Crippen molar-refractivity contribution in [2.24, 2.45) is 0 Å². The Bertz CT molecular complexity index is 411. The van der Waals surface area contributed by atoms with E-state index in [0.29, 0.717) is 12.0 Å². The number of aromatic nitrogens is 3. The van der Waals surface area contributed by atoms with Crippen molar-refractivity contribution in [3.8, 4) is 6.01 Å². The van der Waals surface area contributed by atoms with Crippen molar-refractivity contribution in [1.82, 2.24) is 20.3 Å². The highest BCUT2D eigenvalue weighted by Crippen LogP contribution is 2.17. The third-order valence-corrected chi connectivity index (χ3v) is 3.31. The van der Waals surface area contributed by atoms with Gasteiger partial charge in [0.25, 0.3) is 0 Å². The maximum absolute atomic E-state index is 5.91. The standard InChI is InChI=1S/C12H20ClN5O/c1-3-7-18(8-9-5-4-6-14-9)11-15-10(13)16-12(17-11)19-2/h9,14H,3-8H2,1-2H3. The monoisotopic (exact) mass is 285 g/mol. The van der Waals surface area contributed by atoms with Gasteiger partial charge < -0.3 is 15.0 Å². The van der Waals surface area contributed by atoms with Gasteiger partial charge in [-0.15, -0.1) is 0 Å². The number of rotatable bonds is 6. The summed E-state index contributed by atoms with van der Waals surface area (Å²) in [6.45, 7) is 5.00. The van der Waals surface area contributed by atoms with E-state index < -0.39 is 0 Å². The lowest BCUT2D eigenvalue weighted by atomic mass is 10.2. The fraction of sp³-hybridized carbons (Fsp3) is 0.750. The molecule has 0 radical (unpaired) electrons. The Hall–Kier alpha value is -1.14. The second-order valence-electron chi connectivity index (χ2n) is 4.63. The van der Waals surface area contributed by atoms with E-state index in [2.05, 4.69) is 32.1 Å². The number of hydrogen-bond acceptors (Lipinski definition) is 6. The molecule has 0 bridgehead atoms. The van der Waals surface area contributed by atoms with Crippen LogP contribution in [0.15, 0.2) is 0 Å². The molecule has 1 unspecified atom stereocenters. The minimum atomic E-state index is 0.169.